The number of thioether (sulfide) groups is 1. The van der Waals surface area contributed by atoms with E-state index in [0.717, 1.165) is 22.4 Å². The lowest BCUT2D eigenvalue weighted by atomic mass is 10.0. The molecule has 0 aliphatic carbocycles. The van der Waals surface area contributed by atoms with Crippen molar-refractivity contribution in [3.63, 3.8) is 0 Å². The molecule has 4 aromatic rings. The third-order valence-electron chi connectivity index (χ3n) is 4.50. The molecule has 146 valence electrons. The maximum Gasteiger partial charge on any atom is 0.215 e. The molecule has 0 aliphatic heterocycles. The van der Waals surface area contributed by atoms with Crippen molar-refractivity contribution in [2.75, 3.05) is 7.11 Å². The fourth-order valence-corrected chi connectivity index (χ4v) is 4.31. The minimum absolute atomic E-state index is 0.00835. The van der Waals surface area contributed by atoms with E-state index in [0.29, 0.717) is 15.9 Å². The van der Waals surface area contributed by atoms with Gasteiger partial charge in [0.25, 0.3) is 0 Å². The van der Waals surface area contributed by atoms with Crippen LogP contribution in [0.3, 0.4) is 0 Å². The van der Waals surface area contributed by atoms with Gasteiger partial charge in [-0.1, -0.05) is 71.9 Å². The van der Waals surface area contributed by atoms with Gasteiger partial charge >= 0.3 is 0 Å². The number of hydrogen-bond donors (Lipinski definition) is 0. The largest absolute Gasteiger partial charge is 0.494 e. The first-order valence-corrected chi connectivity index (χ1v) is 10.3. The van der Waals surface area contributed by atoms with Crippen LogP contribution < -0.4 is 4.74 Å². The van der Waals surface area contributed by atoms with Crippen LogP contribution in [0, 0.1) is 6.92 Å². The van der Waals surface area contributed by atoms with E-state index < -0.39 is 0 Å². The van der Waals surface area contributed by atoms with Crippen LogP contribution in [0.1, 0.15) is 21.9 Å². The molecule has 1 heterocycles. The van der Waals surface area contributed by atoms with E-state index in [-0.39, 0.29) is 5.25 Å². The number of aromatic nitrogens is 4. The fraction of sp³-hybridized carbons (Fsp3) is 0.136. The standard InChI is InChI=1S/C22H19ClN4OS/c1-15-8-13-20(28-2)19(14-15)27-22(24-25-26-27)29-21(16-6-4-3-5-7-16)17-9-11-18(23)12-10-17/h3-14,21H,1-2H3/t21-/m1/s1. The van der Waals surface area contributed by atoms with Crippen LogP contribution in [-0.4, -0.2) is 27.3 Å². The normalized spacial score (nSPS) is 12.0. The predicted molar refractivity (Wildman–Crippen MR) is 116 cm³/mol. The molecular weight excluding hydrogens is 404 g/mol. The number of halogens is 1. The Morgan fingerprint density at radius 1 is 0.966 bits per heavy atom. The van der Waals surface area contributed by atoms with E-state index in [1.54, 1.807) is 23.6 Å². The molecule has 0 unspecified atom stereocenters. The topological polar surface area (TPSA) is 52.8 Å². The molecule has 3 aromatic carbocycles. The lowest BCUT2D eigenvalue weighted by Crippen LogP contribution is -2.04. The molecule has 0 radical (unpaired) electrons. The summed E-state index contributed by atoms with van der Waals surface area (Å²) in [6.07, 6.45) is 0. The Morgan fingerprint density at radius 3 is 2.41 bits per heavy atom. The van der Waals surface area contributed by atoms with Crippen molar-refractivity contribution in [2.24, 2.45) is 0 Å². The van der Waals surface area contributed by atoms with E-state index in [1.165, 1.54) is 0 Å². The van der Waals surface area contributed by atoms with Crippen LogP contribution in [0.5, 0.6) is 5.75 Å². The van der Waals surface area contributed by atoms with Crippen LogP contribution in [0.4, 0.5) is 0 Å². The van der Waals surface area contributed by atoms with Gasteiger partial charge in [0.2, 0.25) is 5.16 Å². The van der Waals surface area contributed by atoms with Crippen molar-refractivity contribution < 1.29 is 4.74 Å². The van der Waals surface area contributed by atoms with Crippen LogP contribution >= 0.6 is 23.4 Å². The number of ether oxygens (including phenoxy) is 1. The summed E-state index contributed by atoms with van der Waals surface area (Å²) in [6, 6.07) is 24.1. The Kier molecular flexibility index (Phi) is 5.83. The second kappa shape index (κ2) is 8.68. The summed E-state index contributed by atoms with van der Waals surface area (Å²) in [6.45, 7) is 2.03. The van der Waals surface area contributed by atoms with Gasteiger partial charge in [0, 0.05) is 5.02 Å². The maximum absolute atomic E-state index is 6.10. The predicted octanol–water partition coefficient (Wildman–Crippen LogP) is 5.51. The highest BCUT2D eigenvalue weighted by Crippen LogP contribution is 2.40. The molecule has 0 saturated heterocycles. The third-order valence-corrected chi connectivity index (χ3v) is 6.00. The van der Waals surface area contributed by atoms with E-state index in [1.807, 2.05) is 67.6 Å². The maximum atomic E-state index is 6.10. The number of benzene rings is 3. The molecule has 0 aliphatic rings. The van der Waals surface area contributed by atoms with Crippen LogP contribution in [0.25, 0.3) is 5.69 Å². The molecule has 1 atom stereocenters. The summed E-state index contributed by atoms with van der Waals surface area (Å²) in [5, 5.41) is 13.8. The molecule has 0 spiro atoms. The fourth-order valence-electron chi connectivity index (χ4n) is 3.07. The second-order valence-electron chi connectivity index (χ2n) is 6.51. The first kappa shape index (κ1) is 19.5. The SMILES string of the molecule is COc1ccc(C)cc1-n1nnnc1S[C@H](c1ccccc1)c1ccc(Cl)cc1. The van der Waals surface area contributed by atoms with Crippen molar-refractivity contribution in [3.8, 4) is 11.4 Å². The van der Waals surface area contributed by atoms with E-state index >= 15 is 0 Å². The zero-order chi connectivity index (χ0) is 20.2. The summed E-state index contributed by atoms with van der Waals surface area (Å²) in [7, 11) is 1.64. The Morgan fingerprint density at radius 2 is 1.69 bits per heavy atom. The molecule has 0 amide bonds. The molecule has 0 bridgehead atoms. The summed E-state index contributed by atoms with van der Waals surface area (Å²) in [4.78, 5) is 0. The first-order valence-electron chi connectivity index (χ1n) is 9.06. The number of rotatable bonds is 6. The minimum atomic E-state index is 0.00835. The van der Waals surface area contributed by atoms with E-state index in [4.69, 9.17) is 16.3 Å². The number of aryl methyl sites for hydroxylation is 1. The van der Waals surface area contributed by atoms with Gasteiger partial charge in [0.05, 0.1) is 12.4 Å². The van der Waals surface area contributed by atoms with Crippen molar-refractivity contribution in [3.05, 3.63) is 94.5 Å². The van der Waals surface area contributed by atoms with Crippen molar-refractivity contribution in [1.29, 1.82) is 0 Å². The highest BCUT2D eigenvalue weighted by Gasteiger charge is 2.21. The van der Waals surface area contributed by atoms with Gasteiger partial charge < -0.3 is 4.74 Å². The Bertz CT molecular complexity index is 1100. The van der Waals surface area contributed by atoms with Gasteiger partial charge in [-0.25, -0.2) is 0 Å². The van der Waals surface area contributed by atoms with Crippen molar-refractivity contribution in [2.45, 2.75) is 17.3 Å². The smallest absolute Gasteiger partial charge is 0.215 e. The molecule has 1 aromatic heterocycles. The molecule has 0 fully saturated rings. The van der Waals surface area contributed by atoms with Gasteiger partial charge in [0.15, 0.2) is 0 Å². The number of hydrogen-bond acceptors (Lipinski definition) is 5. The Balaban J connectivity index is 1.76. The summed E-state index contributed by atoms with van der Waals surface area (Å²) in [5.41, 5.74) is 4.19. The monoisotopic (exact) mass is 422 g/mol. The molecule has 0 saturated carbocycles. The highest BCUT2D eigenvalue weighted by atomic mass is 35.5. The van der Waals surface area contributed by atoms with Gasteiger partial charge in [-0.2, -0.15) is 4.68 Å². The van der Waals surface area contributed by atoms with E-state index in [9.17, 15) is 0 Å². The quantitative estimate of drug-likeness (QED) is 0.383. The highest BCUT2D eigenvalue weighted by molar-refractivity contribution is 7.99. The second-order valence-corrected chi connectivity index (χ2v) is 8.02. The van der Waals surface area contributed by atoms with Gasteiger partial charge in [-0.15, -0.1) is 5.10 Å². The minimum Gasteiger partial charge on any atom is -0.494 e. The first-order chi connectivity index (χ1) is 14.2. The summed E-state index contributed by atoms with van der Waals surface area (Å²) < 4.78 is 7.25. The molecular formula is C22H19ClN4OS. The Hall–Kier alpha value is -2.83. The van der Waals surface area contributed by atoms with Gasteiger partial charge in [0.1, 0.15) is 11.4 Å². The summed E-state index contributed by atoms with van der Waals surface area (Å²) >= 11 is 7.68. The van der Waals surface area contributed by atoms with Crippen molar-refractivity contribution >= 4 is 23.4 Å². The van der Waals surface area contributed by atoms with Crippen LogP contribution in [0.2, 0.25) is 5.02 Å². The molecule has 7 heteroatoms. The molecule has 5 nitrogen and oxygen atoms in total. The zero-order valence-corrected chi connectivity index (χ0v) is 17.6. The lowest BCUT2D eigenvalue weighted by Gasteiger charge is -2.18. The molecule has 29 heavy (non-hydrogen) atoms. The van der Waals surface area contributed by atoms with E-state index in [2.05, 4.69) is 27.7 Å². The van der Waals surface area contributed by atoms with Crippen LogP contribution in [-0.2, 0) is 0 Å². The number of nitrogens with zero attached hydrogens (tertiary/aromatic N) is 4. The van der Waals surface area contributed by atoms with Gasteiger partial charge in [-0.3, -0.25) is 0 Å². The lowest BCUT2D eigenvalue weighted by molar-refractivity contribution is 0.410. The van der Waals surface area contributed by atoms with Crippen LogP contribution in [0.15, 0.2) is 78.0 Å². The van der Waals surface area contributed by atoms with Gasteiger partial charge in [-0.05, 0) is 58.3 Å². The number of tetrazole rings is 1. The number of methoxy groups -OCH3 is 1. The van der Waals surface area contributed by atoms with Crippen molar-refractivity contribution in [1.82, 2.24) is 20.2 Å². The summed E-state index contributed by atoms with van der Waals surface area (Å²) in [5.74, 6) is 0.715. The zero-order valence-electron chi connectivity index (χ0n) is 16.0. The Labute approximate surface area is 178 Å². The third kappa shape index (κ3) is 4.28. The molecule has 4 rings (SSSR count). The average molecular weight is 423 g/mol. The average Bonchev–Trinajstić information content (AvgIpc) is 3.21. The molecule has 0 N–H and O–H groups in total.